The van der Waals surface area contributed by atoms with Gasteiger partial charge in [-0.25, -0.2) is 8.42 Å². The highest BCUT2D eigenvalue weighted by Crippen LogP contribution is 2.40. The van der Waals surface area contributed by atoms with Crippen LogP contribution in [0, 0.1) is 11.8 Å². The fraction of sp³-hybridized carbons (Fsp3) is 0.545. The van der Waals surface area contributed by atoms with Crippen LogP contribution < -0.4 is 0 Å². The van der Waals surface area contributed by atoms with Crippen LogP contribution in [0.25, 0.3) is 5.57 Å². The molecule has 4 heteroatoms. The normalized spacial score (nSPS) is 24.3. The van der Waals surface area contributed by atoms with Gasteiger partial charge < -0.3 is 0 Å². The highest BCUT2D eigenvalue weighted by Gasteiger charge is 2.34. The van der Waals surface area contributed by atoms with Crippen molar-refractivity contribution >= 4 is 27.0 Å². The molecule has 3 rings (SSSR count). The molecule has 0 N–H and O–H groups in total. The zero-order chi connectivity index (χ0) is 18.9. The molecule has 2 aliphatic carbocycles. The highest BCUT2D eigenvalue weighted by atomic mass is 35.5. The van der Waals surface area contributed by atoms with Gasteiger partial charge in [0, 0.05) is 5.02 Å². The first kappa shape index (κ1) is 19.7. The molecule has 1 aromatic rings. The third-order valence-corrected chi connectivity index (χ3v) is 8.83. The molecule has 1 saturated carbocycles. The number of hydrogen-bond donors (Lipinski definition) is 0. The van der Waals surface area contributed by atoms with E-state index in [4.69, 9.17) is 11.6 Å². The maximum Gasteiger partial charge on any atom is 0.155 e. The molecule has 26 heavy (non-hydrogen) atoms. The molecule has 1 aromatic carbocycles. The van der Waals surface area contributed by atoms with Crippen LogP contribution in [0.5, 0.6) is 0 Å². The lowest BCUT2D eigenvalue weighted by atomic mass is 9.79. The number of sulfone groups is 1. The fourth-order valence-corrected chi connectivity index (χ4v) is 5.60. The standard InChI is InChI=1S/C22H29ClO2S/c1-22(2,3)26(24,25)15-16-7-9-17(10-8-16)19-11-12-20(13-19)18-5-4-6-21(23)14-18/h4-6,12-14,16-17H,7-11,15H2,1-3H3. The molecular formula is C22H29ClO2S. The predicted molar refractivity (Wildman–Crippen MR) is 111 cm³/mol. The molecule has 0 heterocycles. The lowest BCUT2D eigenvalue weighted by molar-refractivity contribution is 0.318. The van der Waals surface area contributed by atoms with Crippen LogP contribution in [0.2, 0.25) is 5.02 Å². The summed E-state index contributed by atoms with van der Waals surface area (Å²) >= 11 is 6.11. The third kappa shape index (κ3) is 4.43. The van der Waals surface area contributed by atoms with E-state index in [2.05, 4.69) is 18.2 Å². The molecule has 0 aromatic heterocycles. The maximum atomic E-state index is 12.5. The van der Waals surface area contributed by atoms with E-state index in [0.29, 0.717) is 17.6 Å². The first-order chi connectivity index (χ1) is 12.2. The summed E-state index contributed by atoms with van der Waals surface area (Å²) in [6, 6.07) is 8.01. The SMILES string of the molecule is CC(C)(C)S(=O)(=O)CC1CCC(C2=CC(c3cccc(Cl)c3)=CC2)CC1. The highest BCUT2D eigenvalue weighted by molar-refractivity contribution is 7.92. The van der Waals surface area contributed by atoms with Crippen LogP contribution in [0.1, 0.15) is 58.4 Å². The Hall–Kier alpha value is -1.06. The molecule has 0 bridgehead atoms. The first-order valence-corrected chi connectivity index (χ1v) is 11.6. The van der Waals surface area contributed by atoms with E-state index >= 15 is 0 Å². The average Bonchev–Trinajstić information content (AvgIpc) is 3.04. The number of halogens is 1. The first-order valence-electron chi connectivity index (χ1n) is 9.54. The van der Waals surface area contributed by atoms with E-state index in [0.717, 1.165) is 37.1 Å². The number of benzene rings is 1. The van der Waals surface area contributed by atoms with Crippen molar-refractivity contribution in [1.29, 1.82) is 0 Å². The van der Waals surface area contributed by atoms with Crippen LogP contribution in [-0.4, -0.2) is 18.9 Å². The molecule has 0 atom stereocenters. The molecule has 0 amide bonds. The van der Waals surface area contributed by atoms with Gasteiger partial charge in [-0.3, -0.25) is 0 Å². The molecule has 0 saturated heterocycles. The second kappa shape index (κ2) is 7.52. The monoisotopic (exact) mass is 392 g/mol. The summed E-state index contributed by atoms with van der Waals surface area (Å²) < 4.78 is 24.3. The Labute approximate surface area is 163 Å². The van der Waals surface area contributed by atoms with Gasteiger partial charge in [0.15, 0.2) is 9.84 Å². The van der Waals surface area contributed by atoms with Gasteiger partial charge in [-0.05, 0) is 88.0 Å². The van der Waals surface area contributed by atoms with Gasteiger partial charge in [-0.2, -0.15) is 0 Å². The second-order valence-electron chi connectivity index (χ2n) is 8.70. The Morgan fingerprint density at radius 2 is 1.81 bits per heavy atom. The van der Waals surface area contributed by atoms with Gasteiger partial charge in [0.25, 0.3) is 0 Å². The number of hydrogen-bond acceptors (Lipinski definition) is 2. The van der Waals surface area contributed by atoms with Crippen molar-refractivity contribution in [1.82, 2.24) is 0 Å². The molecule has 0 aliphatic heterocycles. The van der Waals surface area contributed by atoms with E-state index in [1.165, 1.54) is 16.7 Å². The van der Waals surface area contributed by atoms with E-state index in [1.807, 2.05) is 18.2 Å². The van der Waals surface area contributed by atoms with Crippen molar-refractivity contribution in [2.45, 2.75) is 57.6 Å². The Bertz CT molecular complexity index is 820. The summed E-state index contributed by atoms with van der Waals surface area (Å²) in [4.78, 5) is 0. The van der Waals surface area contributed by atoms with Crippen LogP contribution >= 0.6 is 11.6 Å². The van der Waals surface area contributed by atoms with Crippen LogP contribution in [0.15, 0.2) is 42.0 Å². The summed E-state index contributed by atoms with van der Waals surface area (Å²) in [7, 11) is -3.02. The van der Waals surface area contributed by atoms with Crippen molar-refractivity contribution < 1.29 is 8.42 Å². The molecule has 1 fully saturated rings. The summed E-state index contributed by atoms with van der Waals surface area (Å²) in [6.07, 6.45) is 9.87. The molecule has 0 unspecified atom stereocenters. The van der Waals surface area contributed by atoms with E-state index in [1.54, 1.807) is 20.8 Å². The van der Waals surface area contributed by atoms with Crippen LogP contribution in [-0.2, 0) is 9.84 Å². The zero-order valence-electron chi connectivity index (χ0n) is 16.0. The average molecular weight is 393 g/mol. The molecule has 2 aliphatic rings. The third-order valence-electron chi connectivity index (χ3n) is 5.82. The Morgan fingerprint density at radius 1 is 1.12 bits per heavy atom. The molecule has 2 nitrogen and oxygen atoms in total. The molecule has 0 spiro atoms. The van der Waals surface area contributed by atoms with Crippen molar-refractivity contribution in [3.05, 3.63) is 52.6 Å². The fourth-order valence-electron chi connectivity index (χ4n) is 3.96. The number of allylic oxidation sites excluding steroid dienone is 4. The van der Waals surface area contributed by atoms with Crippen molar-refractivity contribution in [3.63, 3.8) is 0 Å². The Morgan fingerprint density at radius 3 is 2.42 bits per heavy atom. The summed E-state index contributed by atoms with van der Waals surface area (Å²) in [5.74, 6) is 1.25. The van der Waals surface area contributed by atoms with Crippen LogP contribution in [0.3, 0.4) is 0 Å². The van der Waals surface area contributed by atoms with Gasteiger partial charge >= 0.3 is 0 Å². The quantitative estimate of drug-likeness (QED) is 0.622. The molecule has 142 valence electrons. The smallest absolute Gasteiger partial charge is 0.155 e. The minimum atomic E-state index is -3.02. The second-order valence-corrected chi connectivity index (χ2v) is 11.9. The van der Waals surface area contributed by atoms with E-state index in [-0.39, 0.29) is 0 Å². The zero-order valence-corrected chi connectivity index (χ0v) is 17.5. The van der Waals surface area contributed by atoms with Crippen molar-refractivity contribution in [2.75, 3.05) is 5.75 Å². The van der Waals surface area contributed by atoms with Gasteiger partial charge in [0.1, 0.15) is 0 Å². The minimum Gasteiger partial charge on any atom is -0.228 e. The number of rotatable bonds is 4. The summed E-state index contributed by atoms with van der Waals surface area (Å²) in [5, 5.41) is 0.769. The molecule has 0 radical (unpaired) electrons. The lowest BCUT2D eigenvalue weighted by Gasteiger charge is -2.31. The predicted octanol–water partition coefficient (Wildman–Crippen LogP) is 6.07. The van der Waals surface area contributed by atoms with Gasteiger partial charge in [-0.15, -0.1) is 0 Å². The topological polar surface area (TPSA) is 34.1 Å². The largest absolute Gasteiger partial charge is 0.228 e. The van der Waals surface area contributed by atoms with Gasteiger partial charge in [-0.1, -0.05) is 41.5 Å². The maximum absolute atomic E-state index is 12.5. The van der Waals surface area contributed by atoms with Gasteiger partial charge in [0.2, 0.25) is 0 Å². The van der Waals surface area contributed by atoms with Crippen molar-refractivity contribution in [2.24, 2.45) is 11.8 Å². The van der Waals surface area contributed by atoms with E-state index < -0.39 is 14.6 Å². The Kier molecular flexibility index (Phi) is 5.69. The minimum absolute atomic E-state index is 0.317. The summed E-state index contributed by atoms with van der Waals surface area (Å²) in [5.41, 5.74) is 3.94. The van der Waals surface area contributed by atoms with Crippen molar-refractivity contribution in [3.8, 4) is 0 Å². The van der Waals surface area contributed by atoms with Crippen LogP contribution in [0.4, 0.5) is 0 Å². The van der Waals surface area contributed by atoms with E-state index in [9.17, 15) is 8.42 Å². The molecular weight excluding hydrogens is 364 g/mol. The summed E-state index contributed by atoms with van der Waals surface area (Å²) in [6.45, 7) is 5.42. The Balaban J connectivity index is 1.59. The van der Waals surface area contributed by atoms with Gasteiger partial charge in [0.05, 0.1) is 10.5 Å². The lowest BCUT2D eigenvalue weighted by Crippen LogP contribution is -2.34.